The van der Waals surface area contributed by atoms with Crippen molar-refractivity contribution in [2.45, 2.75) is 19.9 Å². The average molecular weight is 370 g/mol. The van der Waals surface area contributed by atoms with E-state index in [1.807, 2.05) is 6.92 Å². The van der Waals surface area contributed by atoms with Crippen molar-refractivity contribution in [2.24, 2.45) is 11.3 Å². The molecule has 8 nitrogen and oxygen atoms in total. The number of carbonyl (C=O) groups excluding carboxylic acids is 1. The van der Waals surface area contributed by atoms with Crippen LogP contribution in [0.4, 0.5) is 0 Å². The Hall–Kier alpha value is -1.45. The van der Waals surface area contributed by atoms with Crippen LogP contribution in [0.3, 0.4) is 0 Å². The molecule has 2 unspecified atom stereocenters. The van der Waals surface area contributed by atoms with E-state index in [4.69, 9.17) is 4.74 Å². The van der Waals surface area contributed by atoms with Crippen LogP contribution in [0.15, 0.2) is 12.3 Å². The molecule has 9 heteroatoms. The first kappa shape index (κ1) is 18.3. The largest absolute Gasteiger partial charge is 0.384 e. The Morgan fingerprint density at radius 2 is 2.20 bits per heavy atom. The second-order valence-corrected chi connectivity index (χ2v) is 9.09. The second kappa shape index (κ2) is 6.69. The number of carbonyl (C=O) groups is 1. The van der Waals surface area contributed by atoms with E-state index >= 15 is 0 Å². The quantitative estimate of drug-likeness (QED) is 0.743. The van der Waals surface area contributed by atoms with Gasteiger partial charge in [0.25, 0.3) is 5.91 Å². The number of likely N-dealkylation sites (tertiary alicyclic amines) is 1. The van der Waals surface area contributed by atoms with Gasteiger partial charge in [0.1, 0.15) is 5.69 Å². The fraction of sp³-hybridized carbons (Fsp3) is 0.750. The van der Waals surface area contributed by atoms with Crippen molar-refractivity contribution in [1.82, 2.24) is 19.0 Å². The molecule has 0 saturated carbocycles. The minimum Gasteiger partial charge on any atom is -0.384 e. The summed E-state index contributed by atoms with van der Waals surface area (Å²) in [7, 11) is -1.61. The van der Waals surface area contributed by atoms with Crippen LogP contribution in [0.25, 0.3) is 0 Å². The highest BCUT2D eigenvalue weighted by molar-refractivity contribution is 7.88. The number of fused-ring (bicyclic) bond motifs is 1. The third kappa shape index (κ3) is 3.45. The van der Waals surface area contributed by atoms with E-state index in [2.05, 4.69) is 5.10 Å². The van der Waals surface area contributed by atoms with Crippen LogP contribution < -0.4 is 0 Å². The molecule has 0 aromatic carbocycles. The molecule has 2 aliphatic rings. The van der Waals surface area contributed by atoms with Gasteiger partial charge in [0.05, 0.1) is 12.9 Å². The molecule has 3 rings (SSSR count). The SMILES string of the molecule is CCn1ccc(C(=O)N2CCC3(COC)CN(S(C)(=O)=O)CC3C2)n1. The molecule has 2 saturated heterocycles. The molecule has 1 aromatic rings. The second-order valence-electron chi connectivity index (χ2n) is 7.11. The molecule has 140 valence electrons. The first-order chi connectivity index (χ1) is 11.8. The molecule has 3 heterocycles. The molecule has 2 fully saturated rings. The van der Waals surface area contributed by atoms with Crippen LogP contribution in [0.1, 0.15) is 23.8 Å². The van der Waals surface area contributed by atoms with E-state index in [0.717, 1.165) is 13.0 Å². The number of nitrogens with zero attached hydrogens (tertiary/aromatic N) is 4. The first-order valence-electron chi connectivity index (χ1n) is 8.56. The number of rotatable bonds is 5. The number of methoxy groups -OCH3 is 1. The normalized spacial score (nSPS) is 27.5. The molecule has 0 N–H and O–H groups in total. The summed E-state index contributed by atoms with van der Waals surface area (Å²) in [6.45, 7) is 5.24. The van der Waals surface area contributed by atoms with Gasteiger partial charge in [-0.2, -0.15) is 5.10 Å². The maximum absolute atomic E-state index is 12.7. The molecule has 1 amide bonds. The smallest absolute Gasteiger partial charge is 0.274 e. The molecule has 2 atom stereocenters. The topological polar surface area (TPSA) is 84.7 Å². The fourth-order valence-electron chi connectivity index (χ4n) is 4.01. The lowest BCUT2D eigenvalue weighted by atomic mass is 9.73. The lowest BCUT2D eigenvalue weighted by molar-refractivity contribution is 0.00320. The Morgan fingerprint density at radius 1 is 1.44 bits per heavy atom. The number of aryl methyl sites for hydroxylation is 1. The molecule has 0 spiro atoms. The summed E-state index contributed by atoms with van der Waals surface area (Å²) in [4.78, 5) is 14.5. The summed E-state index contributed by atoms with van der Waals surface area (Å²) in [5, 5.41) is 4.29. The Labute approximate surface area is 148 Å². The number of piperidine rings is 1. The van der Waals surface area contributed by atoms with Crippen LogP contribution in [0.2, 0.25) is 0 Å². The average Bonchev–Trinajstić information content (AvgIpc) is 3.18. The van der Waals surface area contributed by atoms with Crippen molar-refractivity contribution < 1.29 is 17.9 Å². The van der Waals surface area contributed by atoms with Gasteiger partial charge in [-0.15, -0.1) is 0 Å². The maximum atomic E-state index is 12.7. The lowest BCUT2D eigenvalue weighted by Gasteiger charge is -2.42. The number of hydrogen-bond acceptors (Lipinski definition) is 5. The van der Waals surface area contributed by atoms with Gasteiger partial charge >= 0.3 is 0 Å². The molecule has 0 bridgehead atoms. The van der Waals surface area contributed by atoms with Gasteiger partial charge in [0.15, 0.2) is 0 Å². The summed E-state index contributed by atoms with van der Waals surface area (Å²) in [6.07, 6.45) is 3.77. The van der Waals surface area contributed by atoms with Gasteiger partial charge in [0.2, 0.25) is 10.0 Å². The summed E-state index contributed by atoms with van der Waals surface area (Å²) in [5.74, 6) is -0.0100. The van der Waals surface area contributed by atoms with Crippen molar-refractivity contribution in [3.05, 3.63) is 18.0 Å². The van der Waals surface area contributed by atoms with E-state index in [9.17, 15) is 13.2 Å². The number of amides is 1. The monoisotopic (exact) mass is 370 g/mol. The third-order valence-electron chi connectivity index (χ3n) is 5.47. The highest BCUT2D eigenvalue weighted by Gasteiger charge is 2.52. The Morgan fingerprint density at radius 3 is 2.80 bits per heavy atom. The van der Waals surface area contributed by atoms with Crippen molar-refractivity contribution >= 4 is 15.9 Å². The third-order valence-corrected chi connectivity index (χ3v) is 6.69. The number of hydrogen-bond donors (Lipinski definition) is 0. The van der Waals surface area contributed by atoms with Crippen molar-refractivity contribution in [2.75, 3.05) is 46.2 Å². The van der Waals surface area contributed by atoms with E-state index in [1.165, 1.54) is 10.6 Å². The highest BCUT2D eigenvalue weighted by atomic mass is 32.2. The number of ether oxygens (including phenoxy) is 1. The van der Waals surface area contributed by atoms with E-state index in [-0.39, 0.29) is 17.2 Å². The van der Waals surface area contributed by atoms with Crippen LogP contribution in [0.5, 0.6) is 0 Å². The Kier molecular flexibility index (Phi) is 4.91. The van der Waals surface area contributed by atoms with Gasteiger partial charge in [-0.25, -0.2) is 12.7 Å². The summed E-state index contributed by atoms with van der Waals surface area (Å²) >= 11 is 0. The van der Waals surface area contributed by atoms with Gasteiger partial charge < -0.3 is 9.64 Å². The summed E-state index contributed by atoms with van der Waals surface area (Å²) in [6, 6.07) is 1.74. The molecule has 0 radical (unpaired) electrons. The minimum absolute atomic E-state index is 0.0770. The standard InChI is InChI=1S/C16H26N4O4S/c1-4-19-7-5-14(17-19)15(21)18-8-6-16(12-24-2)11-20(25(3,22)23)10-13(16)9-18/h5,7,13H,4,6,8-12H2,1-3H3. The van der Waals surface area contributed by atoms with Crippen LogP contribution >= 0.6 is 0 Å². The van der Waals surface area contributed by atoms with Gasteiger partial charge in [-0.05, 0) is 25.3 Å². The van der Waals surface area contributed by atoms with Crippen molar-refractivity contribution in [1.29, 1.82) is 0 Å². The van der Waals surface area contributed by atoms with Gasteiger partial charge in [0, 0.05) is 51.4 Å². The molecular formula is C16H26N4O4S. The van der Waals surface area contributed by atoms with Gasteiger partial charge in [-0.1, -0.05) is 0 Å². The summed E-state index contributed by atoms with van der Waals surface area (Å²) < 4.78 is 32.6. The van der Waals surface area contributed by atoms with Crippen molar-refractivity contribution in [3.8, 4) is 0 Å². The van der Waals surface area contributed by atoms with Crippen LogP contribution in [-0.2, 0) is 21.3 Å². The number of aromatic nitrogens is 2. The predicted molar refractivity (Wildman–Crippen MR) is 92.6 cm³/mol. The van der Waals surface area contributed by atoms with Crippen LogP contribution in [-0.4, -0.2) is 79.5 Å². The zero-order valence-corrected chi connectivity index (χ0v) is 15.8. The van der Waals surface area contributed by atoms with E-state index in [0.29, 0.717) is 38.5 Å². The number of sulfonamides is 1. The van der Waals surface area contributed by atoms with E-state index < -0.39 is 10.0 Å². The fourth-order valence-corrected chi connectivity index (χ4v) is 4.95. The zero-order valence-electron chi connectivity index (χ0n) is 15.0. The molecular weight excluding hydrogens is 344 g/mol. The molecule has 1 aromatic heterocycles. The predicted octanol–water partition coefficient (Wildman–Crippen LogP) is 0.273. The maximum Gasteiger partial charge on any atom is 0.274 e. The zero-order chi connectivity index (χ0) is 18.2. The summed E-state index contributed by atoms with van der Waals surface area (Å²) in [5.41, 5.74) is 0.233. The van der Waals surface area contributed by atoms with Crippen LogP contribution in [0, 0.1) is 11.3 Å². The molecule has 2 aliphatic heterocycles. The molecule has 25 heavy (non-hydrogen) atoms. The Bertz CT molecular complexity index is 747. The first-order valence-corrected chi connectivity index (χ1v) is 10.4. The highest BCUT2D eigenvalue weighted by Crippen LogP contribution is 2.44. The lowest BCUT2D eigenvalue weighted by Crippen LogP contribution is -2.51. The Balaban J connectivity index is 1.78. The van der Waals surface area contributed by atoms with Gasteiger partial charge in [-0.3, -0.25) is 9.48 Å². The van der Waals surface area contributed by atoms with E-state index in [1.54, 1.807) is 29.0 Å². The minimum atomic E-state index is -3.25. The molecule has 0 aliphatic carbocycles. The van der Waals surface area contributed by atoms with Crippen molar-refractivity contribution in [3.63, 3.8) is 0 Å².